The van der Waals surface area contributed by atoms with Crippen molar-refractivity contribution < 1.29 is 14.6 Å². The minimum absolute atomic E-state index is 0.0486. The molecule has 0 aromatic heterocycles. The average molecular weight is 263 g/mol. The highest BCUT2D eigenvalue weighted by Crippen LogP contribution is 2.36. The Hall–Kier alpha value is -0.940. The summed E-state index contributed by atoms with van der Waals surface area (Å²) in [7, 11) is 0. The molecule has 4 nitrogen and oxygen atoms in total. The fourth-order valence-electron chi connectivity index (χ4n) is 3.09. The zero-order valence-corrected chi connectivity index (χ0v) is 11.1. The third-order valence-electron chi connectivity index (χ3n) is 4.12. The van der Waals surface area contributed by atoms with Crippen LogP contribution in [0.5, 0.6) is 0 Å². The summed E-state index contributed by atoms with van der Waals surface area (Å²) in [4.78, 5) is 2.37. The highest BCUT2D eigenvalue weighted by Gasteiger charge is 2.47. The lowest BCUT2D eigenvalue weighted by Gasteiger charge is -2.43. The van der Waals surface area contributed by atoms with Gasteiger partial charge < -0.3 is 14.6 Å². The van der Waals surface area contributed by atoms with E-state index in [0.717, 1.165) is 26.1 Å². The molecule has 2 heterocycles. The Morgan fingerprint density at radius 2 is 1.95 bits per heavy atom. The van der Waals surface area contributed by atoms with Gasteiger partial charge in [0.05, 0.1) is 19.8 Å². The lowest BCUT2D eigenvalue weighted by Crippen LogP contribution is -2.53. The van der Waals surface area contributed by atoms with Gasteiger partial charge in [0, 0.05) is 32.0 Å². The van der Waals surface area contributed by atoms with Gasteiger partial charge in [0.1, 0.15) is 0 Å². The third kappa shape index (κ3) is 2.67. The number of aliphatic hydroxyl groups excluding tert-OH is 1. The largest absolute Gasteiger partial charge is 0.396 e. The van der Waals surface area contributed by atoms with Crippen molar-refractivity contribution in [3.05, 3.63) is 35.9 Å². The summed E-state index contributed by atoms with van der Waals surface area (Å²) < 4.78 is 11.5. The van der Waals surface area contributed by atoms with Crippen molar-refractivity contribution in [1.82, 2.24) is 4.90 Å². The summed E-state index contributed by atoms with van der Waals surface area (Å²) >= 11 is 0. The molecular weight excluding hydrogens is 242 g/mol. The highest BCUT2D eigenvalue weighted by molar-refractivity contribution is 5.14. The molecule has 2 fully saturated rings. The maximum absolute atomic E-state index is 9.61. The zero-order chi connectivity index (χ0) is 13.1. The van der Waals surface area contributed by atoms with E-state index in [4.69, 9.17) is 9.47 Å². The Kier molecular flexibility index (Phi) is 3.84. The molecule has 2 aliphatic heterocycles. The second kappa shape index (κ2) is 5.59. The SMILES string of the molecule is OC[C@@H]1CN(Cc2ccccc2)CCC12OCCO2. The predicted molar refractivity (Wildman–Crippen MR) is 71.5 cm³/mol. The second-order valence-corrected chi connectivity index (χ2v) is 5.36. The van der Waals surface area contributed by atoms with Gasteiger partial charge >= 0.3 is 0 Å². The number of nitrogens with zero attached hydrogens (tertiary/aromatic N) is 1. The van der Waals surface area contributed by atoms with Gasteiger partial charge in [-0.15, -0.1) is 0 Å². The standard InChI is InChI=1S/C15H21NO3/c17-12-14-11-16(10-13-4-2-1-3-5-13)7-6-15(14)18-8-9-19-15/h1-5,14,17H,6-12H2/t14-/m0/s1. The molecule has 1 aromatic rings. The molecule has 19 heavy (non-hydrogen) atoms. The lowest BCUT2D eigenvalue weighted by molar-refractivity contribution is -0.228. The van der Waals surface area contributed by atoms with E-state index in [9.17, 15) is 5.11 Å². The molecule has 1 N–H and O–H groups in total. The second-order valence-electron chi connectivity index (χ2n) is 5.36. The first-order valence-electron chi connectivity index (χ1n) is 6.97. The number of likely N-dealkylation sites (tertiary alicyclic amines) is 1. The number of aliphatic hydroxyl groups is 1. The molecule has 2 aliphatic rings. The Morgan fingerprint density at radius 3 is 2.63 bits per heavy atom. The van der Waals surface area contributed by atoms with E-state index >= 15 is 0 Å². The van der Waals surface area contributed by atoms with Gasteiger partial charge in [-0.2, -0.15) is 0 Å². The summed E-state index contributed by atoms with van der Waals surface area (Å²) in [6, 6.07) is 10.4. The van der Waals surface area contributed by atoms with Crippen molar-refractivity contribution in [1.29, 1.82) is 0 Å². The minimum Gasteiger partial charge on any atom is -0.396 e. The maximum Gasteiger partial charge on any atom is 0.175 e. The van der Waals surface area contributed by atoms with Gasteiger partial charge in [-0.1, -0.05) is 30.3 Å². The van der Waals surface area contributed by atoms with E-state index in [-0.39, 0.29) is 12.5 Å². The summed E-state index contributed by atoms with van der Waals surface area (Å²) in [5.74, 6) is -0.477. The molecule has 3 rings (SSSR count). The van der Waals surface area contributed by atoms with E-state index in [1.54, 1.807) is 0 Å². The number of benzene rings is 1. The molecule has 0 unspecified atom stereocenters. The molecule has 0 bridgehead atoms. The molecule has 0 aliphatic carbocycles. The van der Waals surface area contributed by atoms with Crippen LogP contribution in [0.3, 0.4) is 0 Å². The van der Waals surface area contributed by atoms with Crippen molar-refractivity contribution >= 4 is 0 Å². The molecule has 104 valence electrons. The Morgan fingerprint density at radius 1 is 1.21 bits per heavy atom. The van der Waals surface area contributed by atoms with E-state index in [1.165, 1.54) is 5.56 Å². The van der Waals surface area contributed by atoms with Crippen LogP contribution in [0.25, 0.3) is 0 Å². The highest BCUT2D eigenvalue weighted by atomic mass is 16.7. The van der Waals surface area contributed by atoms with Gasteiger partial charge in [-0.3, -0.25) is 4.90 Å². The molecule has 1 spiro atoms. The number of rotatable bonds is 3. The predicted octanol–water partition coefficient (Wildman–Crippen LogP) is 1.24. The number of hydrogen-bond donors (Lipinski definition) is 1. The van der Waals surface area contributed by atoms with Crippen LogP contribution in [0, 0.1) is 5.92 Å². The van der Waals surface area contributed by atoms with Gasteiger partial charge in [-0.25, -0.2) is 0 Å². The first-order chi connectivity index (χ1) is 9.32. The number of hydrogen-bond acceptors (Lipinski definition) is 4. The monoisotopic (exact) mass is 263 g/mol. The number of piperidine rings is 1. The lowest BCUT2D eigenvalue weighted by atomic mass is 9.91. The first-order valence-corrected chi connectivity index (χ1v) is 6.97. The van der Waals surface area contributed by atoms with Crippen LogP contribution in [-0.4, -0.2) is 48.7 Å². The van der Waals surface area contributed by atoms with Gasteiger partial charge in [0.2, 0.25) is 0 Å². The molecule has 0 radical (unpaired) electrons. The Balaban J connectivity index is 1.65. The van der Waals surface area contributed by atoms with Crippen molar-refractivity contribution in [2.24, 2.45) is 5.92 Å². The molecule has 1 atom stereocenters. The Labute approximate surface area is 113 Å². The molecule has 2 saturated heterocycles. The summed E-state index contributed by atoms with van der Waals surface area (Å²) in [5.41, 5.74) is 1.31. The van der Waals surface area contributed by atoms with Crippen LogP contribution >= 0.6 is 0 Å². The van der Waals surface area contributed by atoms with Crippen LogP contribution in [0.4, 0.5) is 0 Å². The fraction of sp³-hybridized carbons (Fsp3) is 0.600. The van der Waals surface area contributed by atoms with Crippen LogP contribution in [-0.2, 0) is 16.0 Å². The van der Waals surface area contributed by atoms with Crippen LogP contribution in [0.1, 0.15) is 12.0 Å². The summed E-state index contributed by atoms with van der Waals surface area (Å²) in [5, 5.41) is 9.61. The van der Waals surface area contributed by atoms with Crippen molar-refractivity contribution in [3.8, 4) is 0 Å². The van der Waals surface area contributed by atoms with E-state index in [0.29, 0.717) is 13.2 Å². The molecule has 0 saturated carbocycles. The van der Waals surface area contributed by atoms with Crippen molar-refractivity contribution in [2.45, 2.75) is 18.8 Å². The van der Waals surface area contributed by atoms with Crippen molar-refractivity contribution in [3.63, 3.8) is 0 Å². The average Bonchev–Trinajstić information content (AvgIpc) is 2.92. The smallest absolute Gasteiger partial charge is 0.175 e. The van der Waals surface area contributed by atoms with Crippen LogP contribution in [0.15, 0.2) is 30.3 Å². The number of ether oxygens (including phenoxy) is 2. The minimum atomic E-state index is -0.526. The van der Waals surface area contributed by atoms with E-state index < -0.39 is 5.79 Å². The Bertz CT molecular complexity index is 403. The molecule has 1 aromatic carbocycles. The maximum atomic E-state index is 9.61. The van der Waals surface area contributed by atoms with Crippen molar-refractivity contribution in [2.75, 3.05) is 32.9 Å². The van der Waals surface area contributed by atoms with Crippen LogP contribution < -0.4 is 0 Å². The van der Waals surface area contributed by atoms with Gasteiger partial charge in [0.25, 0.3) is 0 Å². The topological polar surface area (TPSA) is 41.9 Å². The van der Waals surface area contributed by atoms with E-state index in [2.05, 4.69) is 29.2 Å². The zero-order valence-electron chi connectivity index (χ0n) is 11.1. The van der Waals surface area contributed by atoms with E-state index in [1.807, 2.05) is 6.07 Å². The normalized spacial score (nSPS) is 26.9. The fourth-order valence-corrected chi connectivity index (χ4v) is 3.09. The molecule has 0 amide bonds. The van der Waals surface area contributed by atoms with Gasteiger partial charge in [-0.05, 0) is 5.56 Å². The van der Waals surface area contributed by atoms with Crippen LogP contribution in [0.2, 0.25) is 0 Å². The van der Waals surface area contributed by atoms with Gasteiger partial charge in [0.15, 0.2) is 5.79 Å². The first kappa shape index (κ1) is 13.1. The quantitative estimate of drug-likeness (QED) is 0.891. The molecular formula is C15H21NO3. The summed E-state index contributed by atoms with van der Waals surface area (Å²) in [6.07, 6.45) is 0.838. The third-order valence-corrected chi connectivity index (χ3v) is 4.12. The summed E-state index contributed by atoms with van der Waals surface area (Å²) in [6.45, 7) is 4.11. The molecule has 4 heteroatoms.